The molecule has 1 rings (SSSR count). The number of hydrogen-bond acceptors (Lipinski definition) is 3. The minimum atomic E-state index is 0.672. The van der Waals surface area contributed by atoms with Crippen molar-refractivity contribution in [2.24, 2.45) is 16.8 Å². The molecule has 15 heavy (non-hydrogen) atoms. The van der Waals surface area contributed by atoms with E-state index >= 15 is 0 Å². The van der Waals surface area contributed by atoms with Gasteiger partial charge in [-0.2, -0.15) is 0 Å². The molecule has 1 fully saturated rings. The molecular formula is C10H23N5. The molecule has 1 aliphatic rings. The molecule has 0 aromatic heterocycles. The first-order valence-corrected chi connectivity index (χ1v) is 5.69. The fourth-order valence-corrected chi connectivity index (χ4v) is 1.96. The molecule has 0 spiro atoms. The predicted molar refractivity (Wildman–Crippen MR) is 63.5 cm³/mol. The second-order valence-corrected chi connectivity index (χ2v) is 4.13. The lowest BCUT2D eigenvalue weighted by Gasteiger charge is -2.28. The van der Waals surface area contributed by atoms with Crippen molar-refractivity contribution in [1.82, 2.24) is 15.6 Å². The summed E-state index contributed by atoms with van der Waals surface area (Å²) in [5.41, 5.74) is 2.58. The molecule has 5 nitrogen and oxygen atoms in total. The van der Waals surface area contributed by atoms with E-state index < -0.39 is 0 Å². The van der Waals surface area contributed by atoms with Gasteiger partial charge in [0.25, 0.3) is 0 Å². The molecule has 1 unspecified atom stereocenters. The molecule has 88 valence electrons. The molecule has 1 saturated heterocycles. The molecule has 1 atom stereocenters. The van der Waals surface area contributed by atoms with Crippen LogP contribution in [0.5, 0.6) is 0 Å². The Morgan fingerprint density at radius 2 is 2.40 bits per heavy atom. The lowest BCUT2D eigenvalue weighted by molar-refractivity contribution is 0.214. The number of hydrazine groups is 1. The van der Waals surface area contributed by atoms with Gasteiger partial charge in [0.05, 0.1) is 0 Å². The summed E-state index contributed by atoms with van der Waals surface area (Å²) in [6.45, 7) is 6.09. The van der Waals surface area contributed by atoms with Crippen molar-refractivity contribution in [2.75, 3.05) is 33.2 Å². The normalized spacial score (nSPS) is 23.9. The van der Waals surface area contributed by atoms with Crippen LogP contribution in [-0.4, -0.2) is 44.1 Å². The highest BCUT2D eigenvalue weighted by atomic mass is 15.3. The Morgan fingerprint density at radius 1 is 1.60 bits per heavy atom. The molecule has 1 aliphatic heterocycles. The minimum Gasteiger partial charge on any atom is -0.356 e. The number of nitrogens with zero attached hydrogens (tertiary/aromatic N) is 2. The van der Waals surface area contributed by atoms with Crippen molar-refractivity contribution in [2.45, 2.75) is 19.8 Å². The largest absolute Gasteiger partial charge is 0.356 e. The summed E-state index contributed by atoms with van der Waals surface area (Å²) in [6.07, 6.45) is 2.56. The van der Waals surface area contributed by atoms with Crippen LogP contribution in [0.1, 0.15) is 19.8 Å². The molecule has 1 heterocycles. The van der Waals surface area contributed by atoms with Crippen molar-refractivity contribution in [1.29, 1.82) is 0 Å². The topological polar surface area (TPSA) is 65.7 Å². The van der Waals surface area contributed by atoms with Crippen LogP contribution in [0.25, 0.3) is 0 Å². The van der Waals surface area contributed by atoms with Crippen molar-refractivity contribution in [3.05, 3.63) is 0 Å². The Bertz CT molecular complexity index is 204. The number of likely N-dealkylation sites (tertiary alicyclic amines) is 1. The number of hydrogen-bond donors (Lipinski definition) is 3. The van der Waals surface area contributed by atoms with E-state index in [-0.39, 0.29) is 0 Å². The van der Waals surface area contributed by atoms with Crippen LogP contribution in [0.2, 0.25) is 0 Å². The molecule has 0 amide bonds. The summed E-state index contributed by atoms with van der Waals surface area (Å²) in [5.74, 6) is 6.72. The van der Waals surface area contributed by atoms with Crippen LogP contribution in [0.15, 0.2) is 4.99 Å². The van der Waals surface area contributed by atoms with E-state index in [4.69, 9.17) is 5.84 Å². The SMILES string of the molecule is CCNC(=NCC1CCCN(C)C1)NN. The van der Waals surface area contributed by atoms with Gasteiger partial charge in [-0.05, 0) is 39.3 Å². The molecule has 4 N–H and O–H groups in total. The van der Waals surface area contributed by atoms with Gasteiger partial charge >= 0.3 is 0 Å². The van der Waals surface area contributed by atoms with Crippen LogP contribution < -0.4 is 16.6 Å². The summed E-state index contributed by atoms with van der Waals surface area (Å²) in [6, 6.07) is 0. The zero-order chi connectivity index (χ0) is 11.1. The fraction of sp³-hybridized carbons (Fsp3) is 0.900. The molecular weight excluding hydrogens is 190 g/mol. The molecule has 0 aliphatic carbocycles. The second kappa shape index (κ2) is 6.63. The Hall–Kier alpha value is -0.810. The van der Waals surface area contributed by atoms with Crippen LogP contribution in [-0.2, 0) is 0 Å². The van der Waals surface area contributed by atoms with E-state index in [1.807, 2.05) is 6.92 Å². The van der Waals surface area contributed by atoms with Gasteiger partial charge in [-0.1, -0.05) is 0 Å². The monoisotopic (exact) mass is 213 g/mol. The third kappa shape index (κ3) is 4.48. The summed E-state index contributed by atoms with van der Waals surface area (Å²) in [7, 11) is 2.17. The molecule has 5 heteroatoms. The third-order valence-electron chi connectivity index (χ3n) is 2.71. The Morgan fingerprint density at radius 3 is 3.00 bits per heavy atom. The van der Waals surface area contributed by atoms with Gasteiger partial charge in [-0.25, -0.2) is 5.84 Å². The smallest absolute Gasteiger partial charge is 0.205 e. The van der Waals surface area contributed by atoms with Crippen molar-refractivity contribution in [3.63, 3.8) is 0 Å². The first-order valence-electron chi connectivity index (χ1n) is 5.69. The van der Waals surface area contributed by atoms with E-state index in [2.05, 4.69) is 27.7 Å². The number of nitrogens with two attached hydrogens (primary N) is 1. The average Bonchev–Trinajstić information content (AvgIpc) is 2.24. The van der Waals surface area contributed by atoms with Gasteiger partial charge < -0.3 is 10.2 Å². The first kappa shape index (κ1) is 12.3. The minimum absolute atomic E-state index is 0.672. The highest BCUT2D eigenvalue weighted by Gasteiger charge is 2.16. The molecule has 0 aromatic rings. The number of nitrogens with one attached hydrogen (secondary N) is 2. The second-order valence-electron chi connectivity index (χ2n) is 4.13. The van der Waals surface area contributed by atoms with E-state index in [1.54, 1.807) is 0 Å². The van der Waals surface area contributed by atoms with Crippen LogP contribution >= 0.6 is 0 Å². The maximum Gasteiger partial charge on any atom is 0.205 e. The van der Waals surface area contributed by atoms with E-state index in [1.165, 1.54) is 19.4 Å². The summed E-state index contributed by atoms with van der Waals surface area (Å²) in [4.78, 5) is 6.80. The highest BCUT2D eigenvalue weighted by Crippen LogP contribution is 2.14. The predicted octanol–water partition coefficient (Wildman–Crippen LogP) is -0.243. The quantitative estimate of drug-likeness (QED) is 0.262. The standard InChI is InChI=1S/C10H23N5/c1-3-12-10(14-11)13-7-9-5-4-6-15(2)8-9/h9H,3-8,11H2,1-2H3,(H2,12,13,14). The van der Waals surface area contributed by atoms with Crippen LogP contribution in [0, 0.1) is 5.92 Å². The Labute approximate surface area is 92.1 Å². The maximum absolute atomic E-state index is 5.35. The number of rotatable bonds is 3. The summed E-state index contributed by atoms with van der Waals surface area (Å²) < 4.78 is 0. The third-order valence-corrected chi connectivity index (χ3v) is 2.71. The first-order chi connectivity index (χ1) is 7.26. The van der Waals surface area contributed by atoms with Gasteiger partial charge in [0.2, 0.25) is 5.96 Å². The maximum atomic E-state index is 5.35. The van der Waals surface area contributed by atoms with Crippen LogP contribution in [0.4, 0.5) is 0 Å². The lowest BCUT2D eigenvalue weighted by Crippen LogP contribution is -2.42. The molecule has 0 saturated carbocycles. The van der Waals surface area contributed by atoms with Crippen molar-refractivity contribution >= 4 is 5.96 Å². The van der Waals surface area contributed by atoms with Gasteiger partial charge in [-0.3, -0.25) is 10.4 Å². The van der Waals surface area contributed by atoms with E-state index in [0.29, 0.717) is 11.9 Å². The van der Waals surface area contributed by atoms with Gasteiger partial charge in [-0.15, -0.1) is 0 Å². The number of piperidine rings is 1. The summed E-state index contributed by atoms with van der Waals surface area (Å²) >= 11 is 0. The van der Waals surface area contributed by atoms with Gasteiger partial charge in [0.15, 0.2) is 0 Å². The van der Waals surface area contributed by atoms with E-state index in [9.17, 15) is 0 Å². The zero-order valence-corrected chi connectivity index (χ0v) is 9.79. The van der Waals surface area contributed by atoms with Gasteiger partial charge in [0, 0.05) is 19.6 Å². The highest BCUT2D eigenvalue weighted by molar-refractivity contribution is 5.79. The zero-order valence-electron chi connectivity index (χ0n) is 9.79. The molecule has 0 radical (unpaired) electrons. The van der Waals surface area contributed by atoms with Crippen molar-refractivity contribution in [3.8, 4) is 0 Å². The average molecular weight is 213 g/mol. The van der Waals surface area contributed by atoms with Crippen molar-refractivity contribution < 1.29 is 0 Å². The number of aliphatic imine (C=N–C) groups is 1. The van der Waals surface area contributed by atoms with Crippen LogP contribution in [0.3, 0.4) is 0 Å². The van der Waals surface area contributed by atoms with E-state index in [0.717, 1.165) is 19.6 Å². The number of guanidine groups is 1. The van der Waals surface area contributed by atoms with Gasteiger partial charge in [0.1, 0.15) is 0 Å². The molecule has 0 aromatic carbocycles. The summed E-state index contributed by atoms with van der Waals surface area (Å²) in [5, 5.41) is 3.08. The fourth-order valence-electron chi connectivity index (χ4n) is 1.96. The lowest BCUT2D eigenvalue weighted by atomic mass is 9.99. The Kier molecular flexibility index (Phi) is 5.42. The molecule has 0 bridgehead atoms. The Balaban J connectivity index is 2.32.